The first-order valence-electron chi connectivity index (χ1n) is 7.22. The van der Waals surface area contributed by atoms with E-state index in [4.69, 9.17) is 11.6 Å². The van der Waals surface area contributed by atoms with Gasteiger partial charge in [0.05, 0.1) is 6.54 Å². The molecule has 0 aromatic heterocycles. The summed E-state index contributed by atoms with van der Waals surface area (Å²) in [6, 6.07) is 8.56. The summed E-state index contributed by atoms with van der Waals surface area (Å²) in [6.45, 7) is 3.13. The van der Waals surface area contributed by atoms with Crippen molar-refractivity contribution in [2.45, 2.75) is 24.9 Å². The Hall–Kier alpha value is -0.810. The number of nitrogens with one attached hydrogen (secondary N) is 2. The van der Waals surface area contributed by atoms with Crippen molar-refractivity contribution in [1.82, 2.24) is 15.5 Å². The minimum Gasteiger partial charge on any atom is -0.352 e. The Kier molecular flexibility index (Phi) is 5.88. The minimum atomic E-state index is 0. The molecule has 116 valence electrons. The van der Waals surface area contributed by atoms with Crippen LogP contribution in [0.25, 0.3) is 0 Å². The highest BCUT2D eigenvalue weighted by molar-refractivity contribution is 6.30. The van der Waals surface area contributed by atoms with Gasteiger partial charge in [0.25, 0.3) is 0 Å². The molecule has 1 saturated heterocycles. The monoisotopic (exact) mass is 329 g/mol. The van der Waals surface area contributed by atoms with Crippen LogP contribution in [0.1, 0.15) is 24.4 Å². The number of hydrogen-bond donors (Lipinski definition) is 2. The lowest BCUT2D eigenvalue weighted by Crippen LogP contribution is -2.49. The van der Waals surface area contributed by atoms with E-state index in [1.165, 1.54) is 5.56 Å². The van der Waals surface area contributed by atoms with Crippen LogP contribution in [-0.4, -0.2) is 43.0 Å². The smallest absolute Gasteiger partial charge is 0.234 e. The maximum Gasteiger partial charge on any atom is 0.234 e. The minimum absolute atomic E-state index is 0. The third-order valence-corrected chi connectivity index (χ3v) is 4.11. The van der Waals surface area contributed by atoms with Gasteiger partial charge in [0.15, 0.2) is 0 Å². The summed E-state index contributed by atoms with van der Waals surface area (Å²) in [5.74, 6) is 0.140. The maximum absolute atomic E-state index is 12.0. The number of benzene rings is 1. The number of piperazine rings is 1. The van der Waals surface area contributed by atoms with Crippen molar-refractivity contribution in [2.75, 3.05) is 26.2 Å². The molecule has 2 fully saturated rings. The molecule has 1 heterocycles. The molecule has 2 aliphatic rings. The molecule has 6 heteroatoms. The van der Waals surface area contributed by atoms with Gasteiger partial charge in [0.1, 0.15) is 0 Å². The number of carbonyl (C=O) groups excluding carboxylic acids is 1. The van der Waals surface area contributed by atoms with Crippen LogP contribution in [-0.2, 0) is 4.79 Å². The van der Waals surface area contributed by atoms with E-state index in [0.29, 0.717) is 12.6 Å². The summed E-state index contributed by atoms with van der Waals surface area (Å²) in [5.41, 5.74) is 1.17. The van der Waals surface area contributed by atoms with E-state index < -0.39 is 0 Å². The molecular formula is C15H21Cl2N3O. The zero-order valence-electron chi connectivity index (χ0n) is 11.8. The van der Waals surface area contributed by atoms with Gasteiger partial charge in [0, 0.05) is 36.7 Å². The van der Waals surface area contributed by atoms with Crippen LogP contribution < -0.4 is 10.6 Å². The lowest BCUT2D eigenvalue weighted by molar-refractivity contribution is -0.123. The van der Waals surface area contributed by atoms with Gasteiger partial charge < -0.3 is 10.6 Å². The summed E-state index contributed by atoms with van der Waals surface area (Å²) in [7, 11) is 0. The zero-order chi connectivity index (χ0) is 13.9. The van der Waals surface area contributed by atoms with Gasteiger partial charge in [-0.2, -0.15) is 0 Å². The predicted octanol–water partition coefficient (Wildman–Crippen LogP) is 1.99. The summed E-state index contributed by atoms with van der Waals surface area (Å²) in [5, 5.41) is 7.20. The summed E-state index contributed by atoms with van der Waals surface area (Å²) < 4.78 is 0. The Morgan fingerprint density at radius 3 is 2.95 bits per heavy atom. The van der Waals surface area contributed by atoms with Crippen LogP contribution in [0.4, 0.5) is 0 Å². The molecule has 1 amide bonds. The Labute approximate surface area is 136 Å². The average Bonchev–Trinajstić information content (AvgIpc) is 3.23. The average molecular weight is 330 g/mol. The number of nitrogens with zero attached hydrogens (tertiary/aromatic N) is 1. The highest BCUT2D eigenvalue weighted by Crippen LogP contribution is 2.24. The first-order valence-corrected chi connectivity index (χ1v) is 7.60. The summed E-state index contributed by atoms with van der Waals surface area (Å²) >= 11 is 6.08. The van der Waals surface area contributed by atoms with E-state index in [9.17, 15) is 4.79 Å². The lowest BCUT2D eigenvalue weighted by Gasteiger charge is -2.36. The SMILES string of the molecule is Cl.O=C(CN1CCNCC1c1cccc(Cl)c1)NC1CC1. The lowest BCUT2D eigenvalue weighted by atomic mass is 10.0. The molecule has 1 aliphatic carbocycles. The number of amides is 1. The molecule has 4 nitrogen and oxygen atoms in total. The molecule has 1 aromatic carbocycles. The maximum atomic E-state index is 12.0. The van der Waals surface area contributed by atoms with Gasteiger partial charge >= 0.3 is 0 Å². The van der Waals surface area contributed by atoms with Crippen LogP contribution in [0, 0.1) is 0 Å². The van der Waals surface area contributed by atoms with Crippen molar-refractivity contribution in [1.29, 1.82) is 0 Å². The normalized spacial score (nSPS) is 22.4. The third kappa shape index (κ3) is 4.58. The van der Waals surface area contributed by atoms with Crippen LogP contribution in [0.15, 0.2) is 24.3 Å². The molecule has 3 rings (SSSR count). The number of hydrogen-bond acceptors (Lipinski definition) is 3. The van der Waals surface area contributed by atoms with Crippen molar-refractivity contribution >= 4 is 29.9 Å². The van der Waals surface area contributed by atoms with E-state index in [-0.39, 0.29) is 24.4 Å². The van der Waals surface area contributed by atoms with Gasteiger partial charge in [-0.05, 0) is 30.5 Å². The van der Waals surface area contributed by atoms with Gasteiger partial charge in [-0.3, -0.25) is 9.69 Å². The summed E-state index contributed by atoms with van der Waals surface area (Å²) in [6.07, 6.45) is 2.26. The van der Waals surface area contributed by atoms with E-state index in [2.05, 4.69) is 21.6 Å². The molecule has 1 atom stereocenters. The van der Waals surface area contributed by atoms with Crippen molar-refractivity contribution in [3.8, 4) is 0 Å². The Balaban J connectivity index is 0.00000161. The second kappa shape index (κ2) is 7.45. The Morgan fingerprint density at radius 2 is 2.24 bits per heavy atom. The van der Waals surface area contributed by atoms with E-state index in [0.717, 1.165) is 37.5 Å². The molecule has 0 spiro atoms. The zero-order valence-corrected chi connectivity index (χ0v) is 13.4. The van der Waals surface area contributed by atoms with Crippen molar-refractivity contribution in [3.05, 3.63) is 34.9 Å². The molecule has 1 aromatic rings. The van der Waals surface area contributed by atoms with Crippen molar-refractivity contribution in [2.24, 2.45) is 0 Å². The van der Waals surface area contributed by atoms with Crippen molar-refractivity contribution in [3.63, 3.8) is 0 Å². The molecule has 1 aliphatic heterocycles. The third-order valence-electron chi connectivity index (χ3n) is 3.88. The molecule has 1 saturated carbocycles. The summed E-state index contributed by atoms with van der Waals surface area (Å²) in [4.78, 5) is 14.2. The topological polar surface area (TPSA) is 44.4 Å². The van der Waals surface area contributed by atoms with Gasteiger partial charge in [-0.25, -0.2) is 0 Å². The first-order chi connectivity index (χ1) is 9.72. The van der Waals surface area contributed by atoms with E-state index in [1.807, 2.05) is 18.2 Å². The molecule has 0 bridgehead atoms. The first kappa shape index (κ1) is 16.6. The molecular weight excluding hydrogens is 309 g/mol. The fraction of sp³-hybridized carbons (Fsp3) is 0.533. The fourth-order valence-electron chi connectivity index (χ4n) is 2.66. The van der Waals surface area contributed by atoms with Crippen LogP contribution >= 0.6 is 24.0 Å². The second-order valence-electron chi connectivity index (χ2n) is 5.59. The predicted molar refractivity (Wildman–Crippen MR) is 87.0 cm³/mol. The van der Waals surface area contributed by atoms with Crippen LogP contribution in [0.5, 0.6) is 0 Å². The molecule has 21 heavy (non-hydrogen) atoms. The Morgan fingerprint density at radius 1 is 1.43 bits per heavy atom. The number of rotatable bonds is 4. The van der Waals surface area contributed by atoms with Gasteiger partial charge in [-0.1, -0.05) is 23.7 Å². The van der Waals surface area contributed by atoms with Crippen LogP contribution in [0.2, 0.25) is 5.02 Å². The van der Waals surface area contributed by atoms with Gasteiger partial charge in [-0.15, -0.1) is 12.4 Å². The molecule has 1 unspecified atom stereocenters. The quantitative estimate of drug-likeness (QED) is 0.887. The van der Waals surface area contributed by atoms with Crippen molar-refractivity contribution < 1.29 is 4.79 Å². The van der Waals surface area contributed by atoms with Crippen LogP contribution in [0.3, 0.4) is 0 Å². The number of halogens is 2. The fourth-order valence-corrected chi connectivity index (χ4v) is 2.86. The molecule has 0 radical (unpaired) electrons. The van der Waals surface area contributed by atoms with E-state index in [1.54, 1.807) is 0 Å². The largest absolute Gasteiger partial charge is 0.352 e. The Bertz CT molecular complexity index is 494. The standard InChI is InChI=1S/C15H20ClN3O.ClH/c16-12-3-1-2-11(8-12)14-9-17-6-7-19(14)10-15(20)18-13-4-5-13;/h1-3,8,13-14,17H,4-7,9-10H2,(H,18,20);1H. The molecule has 2 N–H and O–H groups in total. The second-order valence-corrected chi connectivity index (χ2v) is 6.02. The number of carbonyl (C=O) groups is 1. The highest BCUT2D eigenvalue weighted by atomic mass is 35.5. The van der Waals surface area contributed by atoms with E-state index >= 15 is 0 Å². The highest BCUT2D eigenvalue weighted by Gasteiger charge is 2.28. The van der Waals surface area contributed by atoms with Gasteiger partial charge in [0.2, 0.25) is 5.91 Å².